The maximum Gasteiger partial charge on any atom is 0.124 e. The fraction of sp³-hybridized carbons (Fsp3) is 0.167. The highest BCUT2D eigenvalue weighted by Gasteiger charge is 2.09. The van der Waals surface area contributed by atoms with Crippen LogP contribution in [0.3, 0.4) is 0 Å². The first-order valence-corrected chi connectivity index (χ1v) is 6.78. The lowest BCUT2D eigenvalue weighted by molar-refractivity contribution is 0.627. The van der Waals surface area contributed by atoms with Crippen molar-refractivity contribution in [1.82, 2.24) is 0 Å². The molecule has 1 aromatic heterocycles. The fourth-order valence-corrected chi connectivity index (χ4v) is 3.38. The molecule has 0 aliphatic carbocycles. The van der Waals surface area contributed by atoms with Gasteiger partial charge < -0.3 is 5.73 Å². The summed E-state index contributed by atoms with van der Waals surface area (Å²) in [6.07, 6.45) is 0. The van der Waals surface area contributed by atoms with Gasteiger partial charge >= 0.3 is 0 Å². The lowest BCUT2D eigenvalue weighted by atomic mass is 10.2. The van der Waals surface area contributed by atoms with E-state index in [2.05, 4.69) is 22.6 Å². The third-order valence-electron chi connectivity index (χ3n) is 2.27. The number of benzene rings is 1. The topological polar surface area (TPSA) is 26.0 Å². The number of thiophene rings is 1. The van der Waals surface area contributed by atoms with Crippen molar-refractivity contribution < 1.29 is 4.39 Å². The largest absolute Gasteiger partial charge is 0.324 e. The average Bonchev–Trinajstić information content (AvgIpc) is 2.66. The van der Waals surface area contributed by atoms with Gasteiger partial charge in [0.1, 0.15) is 5.82 Å². The highest BCUT2D eigenvalue weighted by atomic mass is 127. The second-order valence-electron chi connectivity index (χ2n) is 3.61. The molecule has 0 bridgehead atoms. The van der Waals surface area contributed by atoms with E-state index in [1.165, 1.54) is 6.07 Å². The molecule has 0 aliphatic rings. The van der Waals surface area contributed by atoms with Gasteiger partial charge in [-0.15, -0.1) is 11.3 Å². The molecule has 2 rings (SSSR count). The molecule has 1 atom stereocenters. The van der Waals surface area contributed by atoms with E-state index in [1.54, 1.807) is 17.4 Å². The van der Waals surface area contributed by atoms with Crippen molar-refractivity contribution in [2.75, 3.05) is 0 Å². The van der Waals surface area contributed by atoms with Crippen LogP contribution >= 0.6 is 33.9 Å². The Morgan fingerprint density at radius 1 is 1.31 bits per heavy atom. The van der Waals surface area contributed by atoms with Gasteiger partial charge in [0.2, 0.25) is 0 Å². The predicted molar refractivity (Wildman–Crippen MR) is 75.0 cm³/mol. The van der Waals surface area contributed by atoms with Crippen molar-refractivity contribution in [2.24, 2.45) is 5.73 Å². The zero-order chi connectivity index (χ0) is 11.7. The maximum absolute atomic E-state index is 13.0. The van der Waals surface area contributed by atoms with Crippen LogP contribution in [0.2, 0.25) is 0 Å². The number of hydrogen-bond donors (Lipinski definition) is 1. The Morgan fingerprint density at radius 3 is 2.62 bits per heavy atom. The number of rotatable bonds is 2. The molecule has 2 aromatic rings. The third kappa shape index (κ3) is 2.44. The van der Waals surface area contributed by atoms with Crippen molar-refractivity contribution in [2.45, 2.75) is 13.0 Å². The molecule has 1 aromatic carbocycles. The van der Waals surface area contributed by atoms with E-state index in [0.29, 0.717) is 0 Å². The molecule has 2 N–H and O–H groups in total. The smallest absolute Gasteiger partial charge is 0.124 e. The van der Waals surface area contributed by atoms with Gasteiger partial charge in [-0.1, -0.05) is 0 Å². The molecule has 1 heterocycles. The van der Waals surface area contributed by atoms with Gasteiger partial charge in [-0.05, 0) is 59.8 Å². The van der Waals surface area contributed by atoms with Crippen molar-refractivity contribution in [1.29, 1.82) is 0 Å². The summed E-state index contributed by atoms with van der Waals surface area (Å²) >= 11 is 3.81. The molecular weight excluding hydrogens is 336 g/mol. The number of halogens is 2. The number of hydrogen-bond acceptors (Lipinski definition) is 2. The SMILES string of the molecule is CC(N)c1ccc(-c2ccc(F)cc2I)s1. The van der Waals surface area contributed by atoms with E-state index < -0.39 is 0 Å². The highest BCUT2D eigenvalue weighted by Crippen LogP contribution is 2.33. The van der Waals surface area contributed by atoms with Crippen LogP contribution in [-0.2, 0) is 0 Å². The summed E-state index contributed by atoms with van der Waals surface area (Å²) in [6.45, 7) is 1.96. The van der Waals surface area contributed by atoms with Gasteiger partial charge in [0.25, 0.3) is 0 Å². The third-order valence-corrected chi connectivity index (χ3v) is 4.48. The molecule has 0 amide bonds. The van der Waals surface area contributed by atoms with E-state index in [1.807, 2.05) is 25.1 Å². The first-order valence-electron chi connectivity index (χ1n) is 4.88. The summed E-state index contributed by atoms with van der Waals surface area (Å²) in [5.74, 6) is -0.197. The Kier molecular flexibility index (Phi) is 3.61. The zero-order valence-electron chi connectivity index (χ0n) is 8.71. The van der Waals surface area contributed by atoms with Crippen LogP contribution in [-0.4, -0.2) is 0 Å². The molecule has 0 radical (unpaired) electrons. The van der Waals surface area contributed by atoms with E-state index in [0.717, 1.165) is 18.9 Å². The molecule has 84 valence electrons. The zero-order valence-corrected chi connectivity index (χ0v) is 11.7. The molecule has 0 saturated carbocycles. The standard InChI is InChI=1S/C12H11FINS/c1-7(15)11-4-5-12(16-11)9-3-2-8(13)6-10(9)14/h2-7H,15H2,1H3. The molecule has 0 spiro atoms. The summed E-state index contributed by atoms with van der Waals surface area (Å²) in [6, 6.07) is 8.97. The van der Waals surface area contributed by atoms with Gasteiger partial charge in [-0.25, -0.2) is 4.39 Å². The molecule has 1 nitrogen and oxygen atoms in total. The van der Waals surface area contributed by atoms with Crippen LogP contribution in [0, 0.1) is 9.39 Å². The lowest BCUT2D eigenvalue weighted by Gasteiger charge is -2.02. The Hall–Kier alpha value is -0.460. The molecule has 16 heavy (non-hydrogen) atoms. The second-order valence-corrected chi connectivity index (χ2v) is 5.89. The molecule has 0 saturated heterocycles. The quantitative estimate of drug-likeness (QED) is 0.811. The fourth-order valence-electron chi connectivity index (χ4n) is 1.43. The van der Waals surface area contributed by atoms with Crippen LogP contribution < -0.4 is 5.73 Å². The van der Waals surface area contributed by atoms with Crippen LogP contribution in [0.1, 0.15) is 17.8 Å². The molecule has 4 heteroatoms. The maximum atomic E-state index is 13.0. The summed E-state index contributed by atoms with van der Waals surface area (Å²) in [7, 11) is 0. The summed E-state index contributed by atoms with van der Waals surface area (Å²) in [5.41, 5.74) is 6.88. The molecule has 0 fully saturated rings. The second kappa shape index (κ2) is 4.81. The van der Waals surface area contributed by atoms with Crippen LogP contribution in [0.4, 0.5) is 4.39 Å². The van der Waals surface area contributed by atoms with E-state index in [9.17, 15) is 4.39 Å². The molecule has 0 aliphatic heterocycles. The molecule has 1 unspecified atom stereocenters. The average molecular weight is 347 g/mol. The first kappa shape index (κ1) is 12.0. The minimum atomic E-state index is -0.197. The van der Waals surface area contributed by atoms with Gasteiger partial charge in [-0.2, -0.15) is 0 Å². The Balaban J connectivity index is 2.42. The predicted octanol–water partition coefficient (Wildman–Crippen LogP) is 4.18. The van der Waals surface area contributed by atoms with Crippen molar-refractivity contribution in [3.63, 3.8) is 0 Å². The van der Waals surface area contributed by atoms with Crippen molar-refractivity contribution >= 4 is 33.9 Å². The summed E-state index contributed by atoms with van der Waals surface area (Å²) in [5, 5.41) is 0. The lowest BCUT2D eigenvalue weighted by Crippen LogP contribution is -2.01. The normalized spacial score (nSPS) is 12.8. The molecular formula is C12H11FINS. The van der Waals surface area contributed by atoms with Crippen LogP contribution in [0.15, 0.2) is 30.3 Å². The van der Waals surface area contributed by atoms with Crippen molar-refractivity contribution in [3.8, 4) is 10.4 Å². The van der Waals surface area contributed by atoms with Gasteiger partial charge in [-0.3, -0.25) is 0 Å². The Bertz CT molecular complexity index is 507. The van der Waals surface area contributed by atoms with E-state index >= 15 is 0 Å². The van der Waals surface area contributed by atoms with Gasteiger partial charge in [0, 0.05) is 24.9 Å². The van der Waals surface area contributed by atoms with E-state index in [4.69, 9.17) is 5.73 Å². The minimum absolute atomic E-state index is 0.0526. The summed E-state index contributed by atoms with van der Waals surface area (Å²) in [4.78, 5) is 2.28. The van der Waals surface area contributed by atoms with Crippen LogP contribution in [0.5, 0.6) is 0 Å². The summed E-state index contributed by atoms with van der Waals surface area (Å²) < 4.78 is 13.9. The van der Waals surface area contributed by atoms with Crippen molar-refractivity contribution in [3.05, 3.63) is 44.6 Å². The van der Waals surface area contributed by atoms with E-state index in [-0.39, 0.29) is 11.9 Å². The highest BCUT2D eigenvalue weighted by molar-refractivity contribution is 14.1. The van der Waals surface area contributed by atoms with Gasteiger partial charge in [0.05, 0.1) is 0 Å². The number of nitrogens with two attached hydrogens (primary N) is 1. The van der Waals surface area contributed by atoms with Crippen LogP contribution in [0.25, 0.3) is 10.4 Å². The first-order chi connectivity index (χ1) is 7.58. The monoisotopic (exact) mass is 347 g/mol. The Labute approximate surface area is 112 Å². The Morgan fingerprint density at radius 2 is 2.06 bits per heavy atom. The van der Waals surface area contributed by atoms with Gasteiger partial charge in [0.15, 0.2) is 0 Å². The minimum Gasteiger partial charge on any atom is -0.324 e.